The van der Waals surface area contributed by atoms with Gasteiger partial charge in [-0.1, -0.05) is 10.5 Å². The summed E-state index contributed by atoms with van der Waals surface area (Å²) in [7, 11) is 0. The van der Waals surface area contributed by atoms with E-state index in [1.54, 1.807) is 6.08 Å². The molecule has 0 radical (unpaired) electrons. The second kappa shape index (κ2) is 6.76. The van der Waals surface area contributed by atoms with E-state index >= 15 is 0 Å². The summed E-state index contributed by atoms with van der Waals surface area (Å²) < 4.78 is 19.9. The lowest BCUT2D eigenvalue weighted by Crippen LogP contribution is -2.20. The molecular formula is C19H15FN2O3S. The molecule has 1 N–H and O–H groups in total. The molecule has 26 heavy (non-hydrogen) atoms. The van der Waals surface area contributed by atoms with Crippen molar-refractivity contribution in [3.05, 3.63) is 72.9 Å². The number of aromatic amines is 1. The number of H-pyrrole nitrogens is 1. The number of aromatic nitrogens is 2. The summed E-state index contributed by atoms with van der Waals surface area (Å²) in [5, 5.41) is 0. The van der Waals surface area contributed by atoms with Crippen LogP contribution in [0.15, 0.2) is 41.3 Å². The summed E-state index contributed by atoms with van der Waals surface area (Å²) in [5.74, 6) is 0.384. The van der Waals surface area contributed by atoms with E-state index < -0.39 is 5.78 Å². The number of ether oxygens (including phenoxy) is 1. The molecule has 0 aliphatic carbocycles. The van der Waals surface area contributed by atoms with Gasteiger partial charge in [-0.25, -0.2) is 0 Å². The molecule has 0 unspecified atom stereocenters. The molecule has 0 saturated carbocycles. The largest absolute Gasteiger partial charge is 0.493 e. The van der Waals surface area contributed by atoms with Crippen LogP contribution in [0.3, 0.4) is 0 Å². The normalized spacial score (nSPS) is 15.0. The Bertz CT molecular complexity index is 1160. The third-order valence-electron chi connectivity index (χ3n) is 4.13. The number of Topliss-reactive ketones (excluding diaryl/α,β-unsaturated/α-hetero) is 1. The molecule has 1 aromatic carbocycles. The van der Waals surface area contributed by atoms with Crippen LogP contribution in [0.4, 0.5) is 4.48 Å². The lowest BCUT2D eigenvalue weighted by atomic mass is 10.0. The molecule has 0 spiro atoms. The van der Waals surface area contributed by atoms with Crippen LogP contribution in [0, 0.1) is 0 Å². The zero-order valence-electron chi connectivity index (χ0n) is 13.7. The molecule has 3 aromatic rings. The molecule has 0 amide bonds. The number of aryl methyl sites for hydroxylation is 1. The average molecular weight is 370 g/mol. The Kier molecular flexibility index (Phi) is 4.30. The molecule has 1 aliphatic heterocycles. The zero-order chi connectivity index (χ0) is 18.1. The van der Waals surface area contributed by atoms with Crippen LogP contribution in [-0.2, 0) is 6.42 Å². The number of thiazole rings is 1. The van der Waals surface area contributed by atoms with Crippen molar-refractivity contribution in [1.82, 2.24) is 9.77 Å². The highest BCUT2D eigenvalue weighted by Gasteiger charge is 2.10. The van der Waals surface area contributed by atoms with Gasteiger partial charge >= 0.3 is 0 Å². The summed E-state index contributed by atoms with van der Waals surface area (Å²) in [6, 6.07) is 8.64. The van der Waals surface area contributed by atoms with Crippen molar-refractivity contribution in [2.45, 2.75) is 12.8 Å². The van der Waals surface area contributed by atoms with Crippen LogP contribution >= 0.6 is 11.3 Å². The second-order valence-electron chi connectivity index (χ2n) is 5.96. The van der Waals surface area contributed by atoms with Gasteiger partial charge in [-0.05, 0) is 54.3 Å². The molecule has 7 heteroatoms. The van der Waals surface area contributed by atoms with Gasteiger partial charge in [0.2, 0.25) is 5.78 Å². The molecule has 4 rings (SSSR count). The Balaban J connectivity index is 1.70. The summed E-state index contributed by atoms with van der Waals surface area (Å²) in [6.45, 7) is 0.732. The first-order valence-corrected chi connectivity index (χ1v) is 8.98. The van der Waals surface area contributed by atoms with Gasteiger partial charge in [-0.2, -0.15) is 4.79 Å². The number of halogens is 1. The molecule has 2 aromatic heterocycles. The minimum atomic E-state index is -0.507. The quantitative estimate of drug-likeness (QED) is 0.715. The Hall–Kier alpha value is -2.93. The SMILES string of the molecule is O=C(/C=c1\[nH]c(=O)/c(=C/c2ccc3c(c2)CCCO3)s1)c1cccn1F. The lowest BCUT2D eigenvalue weighted by Gasteiger charge is -2.17. The number of benzene rings is 1. The van der Waals surface area contributed by atoms with E-state index in [4.69, 9.17) is 4.74 Å². The minimum absolute atomic E-state index is 0.0838. The highest BCUT2D eigenvalue weighted by Crippen LogP contribution is 2.25. The smallest absolute Gasteiger partial charge is 0.266 e. The number of nitrogens with zero attached hydrogens (tertiary/aromatic N) is 1. The van der Waals surface area contributed by atoms with Gasteiger partial charge in [0.05, 0.1) is 15.8 Å². The first-order chi connectivity index (χ1) is 12.6. The third-order valence-corrected chi connectivity index (χ3v) is 5.09. The molecule has 0 fully saturated rings. The highest BCUT2D eigenvalue weighted by atomic mass is 32.1. The summed E-state index contributed by atoms with van der Waals surface area (Å²) in [4.78, 5) is 27.1. The fourth-order valence-electron chi connectivity index (χ4n) is 2.89. The van der Waals surface area contributed by atoms with Crippen molar-refractivity contribution >= 4 is 29.3 Å². The number of carbonyl (C=O) groups excluding carboxylic acids is 1. The Morgan fingerprint density at radius 3 is 3.04 bits per heavy atom. The van der Waals surface area contributed by atoms with Crippen molar-refractivity contribution in [2.75, 3.05) is 6.61 Å². The number of rotatable bonds is 3. The van der Waals surface area contributed by atoms with Crippen molar-refractivity contribution in [1.29, 1.82) is 0 Å². The van der Waals surface area contributed by atoms with E-state index in [2.05, 4.69) is 4.98 Å². The standard InChI is InChI=1S/C19H15FN2O3S/c20-22-7-1-4-14(22)15(23)11-18-21-19(24)17(26-18)10-12-5-6-16-13(9-12)3-2-8-25-16/h1,4-7,9-11H,2-3,8H2,(H,21,24)/b17-10-,18-11+. The number of ketones is 1. The van der Waals surface area contributed by atoms with Gasteiger partial charge in [0.1, 0.15) is 11.4 Å². The topological polar surface area (TPSA) is 64.1 Å². The Morgan fingerprint density at radius 1 is 1.35 bits per heavy atom. The fourth-order valence-corrected chi connectivity index (χ4v) is 3.77. The van der Waals surface area contributed by atoms with Crippen molar-refractivity contribution in [2.24, 2.45) is 0 Å². The summed E-state index contributed by atoms with van der Waals surface area (Å²) >= 11 is 1.16. The van der Waals surface area contributed by atoms with Gasteiger partial charge in [0.15, 0.2) is 0 Å². The number of hydrogen-bond acceptors (Lipinski definition) is 4. The van der Waals surface area contributed by atoms with Crippen LogP contribution in [-0.4, -0.2) is 22.2 Å². The van der Waals surface area contributed by atoms with Gasteiger partial charge < -0.3 is 9.72 Å². The number of hydrogen-bond donors (Lipinski definition) is 1. The van der Waals surface area contributed by atoms with Crippen molar-refractivity contribution < 1.29 is 14.0 Å². The first kappa shape index (κ1) is 16.5. The minimum Gasteiger partial charge on any atom is -0.493 e. The summed E-state index contributed by atoms with van der Waals surface area (Å²) in [5.41, 5.74) is 1.67. The number of fused-ring (bicyclic) bond motifs is 1. The summed E-state index contributed by atoms with van der Waals surface area (Å²) in [6.07, 6.45) is 6.09. The third kappa shape index (κ3) is 3.25. The van der Waals surface area contributed by atoms with E-state index in [0.29, 0.717) is 9.20 Å². The van der Waals surface area contributed by atoms with E-state index in [1.807, 2.05) is 18.2 Å². The van der Waals surface area contributed by atoms with Crippen LogP contribution in [0.25, 0.3) is 12.2 Å². The average Bonchev–Trinajstić information content (AvgIpc) is 3.20. The Labute approximate surface area is 151 Å². The molecule has 5 nitrogen and oxygen atoms in total. The number of carbonyl (C=O) groups is 1. The fraction of sp³-hybridized carbons (Fsp3) is 0.158. The zero-order valence-corrected chi connectivity index (χ0v) is 14.5. The van der Waals surface area contributed by atoms with Crippen LogP contribution in [0.2, 0.25) is 0 Å². The molecule has 132 valence electrons. The van der Waals surface area contributed by atoms with E-state index in [0.717, 1.165) is 53.9 Å². The Morgan fingerprint density at radius 2 is 2.23 bits per heavy atom. The monoisotopic (exact) mass is 370 g/mol. The van der Waals surface area contributed by atoms with Crippen LogP contribution < -0.4 is 19.5 Å². The maximum Gasteiger partial charge on any atom is 0.266 e. The van der Waals surface area contributed by atoms with Gasteiger partial charge in [-0.15, -0.1) is 11.3 Å². The van der Waals surface area contributed by atoms with Gasteiger partial charge in [0, 0.05) is 12.3 Å². The van der Waals surface area contributed by atoms with Crippen molar-refractivity contribution in [3.63, 3.8) is 0 Å². The van der Waals surface area contributed by atoms with Crippen LogP contribution in [0.1, 0.15) is 28.0 Å². The van der Waals surface area contributed by atoms with E-state index in [9.17, 15) is 14.1 Å². The predicted molar refractivity (Wildman–Crippen MR) is 97.7 cm³/mol. The molecule has 1 aliphatic rings. The number of nitrogens with one attached hydrogen (secondary N) is 1. The second-order valence-corrected chi connectivity index (χ2v) is 7.05. The van der Waals surface area contributed by atoms with Crippen LogP contribution in [0.5, 0.6) is 5.75 Å². The maximum atomic E-state index is 13.4. The lowest BCUT2D eigenvalue weighted by molar-refractivity contribution is 0.104. The maximum absolute atomic E-state index is 13.4. The van der Waals surface area contributed by atoms with Gasteiger partial charge in [-0.3, -0.25) is 9.59 Å². The molecule has 3 heterocycles. The van der Waals surface area contributed by atoms with E-state index in [-0.39, 0.29) is 16.0 Å². The molecule has 0 saturated heterocycles. The predicted octanol–water partition coefficient (Wildman–Crippen LogP) is 1.79. The van der Waals surface area contributed by atoms with E-state index in [1.165, 1.54) is 18.2 Å². The highest BCUT2D eigenvalue weighted by molar-refractivity contribution is 7.07. The van der Waals surface area contributed by atoms with Gasteiger partial charge in [0.25, 0.3) is 5.56 Å². The molecular weight excluding hydrogens is 355 g/mol. The van der Waals surface area contributed by atoms with Crippen molar-refractivity contribution in [3.8, 4) is 5.75 Å². The first-order valence-electron chi connectivity index (χ1n) is 8.16. The molecule has 0 bridgehead atoms. The molecule has 0 atom stereocenters.